The number of hydrogen-bond donors (Lipinski definition) is 0. The predicted octanol–water partition coefficient (Wildman–Crippen LogP) is 2.85. The summed E-state index contributed by atoms with van der Waals surface area (Å²) >= 11 is 2.96. The van der Waals surface area contributed by atoms with Crippen LogP contribution in [0.2, 0.25) is 0 Å². The van der Waals surface area contributed by atoms with Crippen molar-refractivity contribution in [3.8, 4) is 0 Å². The highest BCUT2D eigenvalue weighted by atomic mass is 79.9. The van der Waals surface area contributed by atoms with Gasteiger partial charge in [-0.1, -0.05) is 15.9 Å². The Labute approximate surface area is 82.9 Å². The number of Topliss-reactive ketones (excluding diaryl/α,β-unsaturated/α-hetero) is 1. The van der Waals surface area contributed by atoms with Crippen LogP contribution in [0.5, 0.6) is 0 Å². The molecule has 0 heterocycles. The molecule has 70 valence electrons. The summed E-state index contributed by atoms with van der Waals surface area (Å²) < 4.78 is 25.6. The molecule has 0 saturated heterocycles. The molecule has 0 saturated carbocycles. The number of ketones is 1. The van der Waals surface area contributed by atoms with Crippen molar-refractivity contribution in [1.29, 1.82) is 0 Å². The highest BCUT2D eigenvalue weighted by Crippen LogP contribution is 2.16. The summed E-state index contributed by atoms with van der Waals surface area (Å²) in [5.74, 6) is -2.13. The average Bonchev–Trinajstić information content (AvgIpc) is 2.13. The molecule has 1 rings (SSSR count). The Morgan fingerprint density at radius 1 is 1.46 bits per heavy atom. The summed E-state index contributed by atoms with van der Waals surface area (Å²) in [7, 11) is 0. The van der Waals surface area contributed by atoms with Gasteiger partial charge < -0.3 is 0 Å². The molecule has 0 aliphatic carbocycles. The maximum Gasteiger partial charge on any atom is 0.173 e. The van der Waals surface area contributed by atoms with E-state index in [1.807, 2.05) is 0 Å². The largest absolute Gasteiger partial charge is 0.293 e. The van der Waals surface area contributed by atoms with Crippen LogP contribution in [-0.2, 0) is 0 Å². The van der Waals surface area contributed by atoms with E-state index in [9.17, 15) is 13.6 Å². The molecule has 4 heteroatoms. The van der Waals surface area contributed by atoms with Gasteiger partial charge in [-0.05, 0) is 24.6 Å². The minimum Gasteiger partial charge on any atom is -0.293 e. The van der Waals surface area contributed by atoms with Gasteiger partial charge in [0.2, 0.25) is 0 Å². The molecule has 0 amide bonds. The van der Waals surface area contributed by atoms with Crippen LogP contribution in [0.4, 0.5) is 8.78 Å². The van der Waals surface area contributed by atoms with Crippen molar-refractivity contribution in [3.05, 3.63) is 34.9 Å². The van der Waals surface area contributed by atoms with Crippen LogP contribution in [0, 0.1) is 18.6 Å². The highest BCUT2D eigenvalue weighted by Gasteiger charge is 2.13. The van der Waals surface area contributed by atoms with Crippen molar-refractivity contribution in [2.45, 2.75) is 6.92 Å². The summed E-state index contributed by atoms with van der Waals surface area (Å²) in [5.41, 5.74) is 0.278. The molecular formula is C9H7BrF2O. The Morgan fingerprint density at radius 2 is 2.08 bits per heavy atom. The van der Waals surface area contributed by atoms with E-state index in [1.54, 1.807) is 0 Å². The molecule has 0 fully saturated rings. The van der Waals surface area contributed by atoms with E-state index in [0.717, 1.165) is 6.07 Å². The zero-order chi connectivity index (χ0) is 10.0. The van der Waals surface area contributed by atoms with Gasteiger partial charge in [-0.2, -0.15) is 0 Å². The van der Waals surface area contributed by atoms with Crippen LogP contribution in [0.3, 0.4) is 0 Å². The van der Waals surface area contributed by atoms with Gasteiger partial charge in [0.1, 0.15) is 0 Å². The zero-order valence-electron chi connectivity index (χ0n) is 6.90. The standard InChI is InChI=1S/C9H7BrF2O/c1-5-6(8(13)4-10)2-3-7(11)9(5)12/h2-3H,4H2,1H3. The van der Waals surface area contributed by atoms with Gasteiger partial charge in [-0.3, -0.25) is 4.79 Å². The lowest BCUT2D eigenvalue weighted by Crippen LogP contribution is -2.05. The number of hydrogen-bond acceptors (Lipinski definition) is 1. The highest BCUT2D eigenvalue weighted by molar-refractivity contribution is 9.09. The molecule has 0 radical (unpaired) electrons. The lowest BCUT2D eigenvalue weighted by Gasteiger charge is -2.03. The van der Waals surface area contributed by atoms with E-state index in [0.29, 0.717) is 0 Å². The topological polar surface area (TPSA) is 17.1 Å². The van der Waals surface area contributed by atoms with E-state index < -0.39 is 11.6 Å². The molecule has 0 aromatic heterocycles. The average molecular weight is 249 g/mol. The normalized spacial score (nSPS) is 10.2. The summed E-state index contributed by atoms with van der Waals surface area (Å²) in [4.78, 5) is 11.2. The Morgan fingerprint density at radius 3 is 2.62 bits per heavy atom. The van der Waals surface area contributed by atoms with Gasteiger partial charge in [-0.25, -0.2) is 8.78 Å². The van der Waals surface area contributed by atoms with Crippen molar-refractivity contribution in [2.75, 3.05) is 5.33 Å². The van der Waals surface area contributed by atoms with E-state index in [2.05, 4.69) is 15.9 Å². The molecule has 1 aromatic rings. The van der Waals surface area contributed by atoms with Crippen LogP contribution in [0.15, 0.2) is 12.1 Å². The number of carbonyl (C=O) groups excluding carboxylic acids is 1. The van der Waals surface area contributed by atoms with Crippen LogP contribution in [0.1, 0.15) is 15.9 Å². The molecule has 1 aromatic carbocycles. The monoisotopic (exact) mass is 248 g/mol. The Balaban J connectivity index is 3.26. The second kappa shape index (κ2) is 3.96. The summed E-state index contributed by atoms with van der Waals surface area (Å²) in [6.45, 7) is 1.38. The van der Waals surface area contributed by atoms with Gasteiger partial charge in [0, 0.05) is 5.56 Å². The SMILES string of the molecule is Cc1c(C(=O)CBr)ccc(F)c1F. The fraction of sp³-hybridized carbons (Fsp3) is 0.222. The van der Waals surface area contributed by atoms with Gasteiger partial charge in [0.05, 0.1) is 5.33 Å². The molecule has 0 spiro atoms. The fourth-order valence-corrected chi connectivity index (χ4v) is 1.33. The Bertz CT molecular complexity index is 350. The molecule has 0 aliphatic rings. The van der Waals surface area contributed by atoms with Crippen LogP contribution >= 0.6 is 15.9 Å². The van der Waals surface area contributed by atoms with Crippen molar-refractivity contribution >= 4 is 21.7 Å². The Hall–Kier alpha value is -0.770. The first-order chi connectivity index (χ1) is 6.07. The first kappa shape index (κ1) is 10.3. The molecular weight excluding hydrogens is 242 g/mol. The van der Waals surface area contributed by atoms with Crippen molar-refractivity contribution in [2.24, 2.45) is 0 Å². The summed E-state index contributed by atoms with van der Waals surface area (Å²) in [5, 5.41) is 0.110. The maximum atomic E-state index is 12.9. The molecule has 0 N–H and O–H groups in total. The second-order valence-electron chi connectivity index (χ2n) is 2.59. The molecule has 0 atom stereocenters. The fourth-order valence-electron chi connectivity index (χ4n) is 1.03. The quantitative estimate of drug-likeness (QED) is 0.581. The minimum absolute atomic E-state index is 0.0597. The molecule has 1 nitrogen and oxygen atoms in total. The third kappa shape index (κ3) is 1.94. The molecule has 0 bridgehead atoms. The van der Waals surface area contributed by atoms with Crippen LogP contribution < -0.4 is 0 Å². The van der Waals surface area contributed by atoms with Crippen molar-refractivity contribution in [3.63, 3.8) is 0 Å². The van der Waals surface area contributed by atoms with Gasteiger partial charge in [0.25, 0.3) is 0 Å². The van der Waals surface area contributed by atoms with E-state index in [4.69, 9.17) is 0 Å². The summed E-state index contributed by atoms with van der Waals surface area (Å²) in [6, 6.07) is 2.25. The number of carbonyl (C=O) groups is 1. The first-order valence-corrected chi connectivity index (χ1v) is 4.74. The van der Waals surface area contributed by atoms with E-state index in [-0.39, 0.29) is 22.2 Å². The van der Waals surface area contributed by atoms with Gasteiger partial charge in [0.15, 0.2) is 17.4 Å². The number of alkyl halides is 1. The smallest absolute Gasteiger partial charge is 0.173 e. The Kier molecular flexibility index (Phi) is 3.14. The van der Waals surface area contributed by atoms with Crippen LogP contribution in [-0.4, -0.2) is 11.1 Å². The maximum absolute atomic E-state index is 12.9. The summed E-state index contributed by atoms with van der Waals surface area (Å²) in [6.07, 6.45) is 0. The lowest BCUT2D eigenvalue weighted by molar-refractivity contribution is 0.102. The van der Waals surface area contributed by atoms with Crippen molar-refractivity contribution in [1.82, 2.24) is 0 Å². The first-order valence-electron chi connectivity index (χ1n) is 3.61. The number of benzene rings is 1. The van der Waals surface area contributed by atoms with Crippen molar-refractivity contribution < 1.29 is 13.6 Å². The third-order valence-corrected chi connectivity index (χ3v) is 2.27. The van der Waals surface area contributed by atoms with Gasteiger partial charge >= 0.3 is 0 Å². The predicted molar refractivity (Wildman–Crippen MR) is 49.2 cm³/mol. The van der Waals surface area contributed by atoms with E-state index >= 15 is 0 Å². The third-order valence-electron chi connectivity index (χ3n) is 1.76. The molecule has 0 aliphatic heterocycles. The molecule has 13 heavy (non-hydrogen) atoms. The van der Waals surface area contributed by atoms with Crippen LogP contribution in [0.25, 0.3) is 0 Å². The second-order valence-corrected chi connectivity index (χ2v) is 3.15. The van der Waals surface area contributed by atoms with E-state index in [1.165, 1.54) is 13.0 Å². The molecule has 0 unspecified atom stereocenters. The minimum atomic E-state index is -0.952. The zero-order valence-corrected chi connectivity index (χ0v) is 8.49. The lowest BCUT2D eigenvalue weighted by atomic mass is 10.1. The number of rotatable bonds is 2. The van der Waals surface area contributed by atoms with Gasteiger partial charge in [-0.15, -0.1) is 0 Å². The number of halogens is 3.